The average molecular weight is 429 g/mol. The van der Waals surface area contributed by atoms with E-state index in [-0.39, 0.29) is 5.97 Å². The number of ether oxygens (including phenoxy) is 1. The minimum atomic E-state index is -0.351. The fourth-order valence-electron chi connectivity index (χ4n) is 3.26. The Morgan fingerprint density at radius 3 is 2.87 bits per heavy atom. The molecule has 1 amide bonds. The van der Waals surface area contributed by atoms with Crippen molar-refractivity contribution in [2.45, 2.75) is 46.0 Å². The van der Waals surface area contributed by atoms with Crippen LogP contribution in [0.2, 0.25) is 0 Å². The predicted octanol–water partition coefficient (Wildman–Crippen LogP) is 5.03. The molecule has 3 rings (SSSR count). The van der Waals surface area contributed by atoms with Crippen LogP contribution in [0.25, 0.3) is 16.1 Å². The van der Waals surface area contributed by atoms with E-state index in [1.54, 1.807) is 23.9 Å². The van der Waals surface area contributed by atoms with Gasteiger partial charge in [0.25, 0.3) is 0 Å². The molecule has 0 fully saturated rings. The van der Waals surface area contributed by atoms with Gasteiger partial charge in [0, 0.05) is 18.9 Å². The van der Waals surface area contributed by atoms with Crippen LogP contribution in [0.5, 0.6) is 0 Å². The van der Waals surface area contributed by atoms with Crippen molar-refractivity contribution in [2.24, 2.45) is 0 Å². The van der Waals surface area contributed by atoms with Crippen LogP contribution < -0.4 is 5.32 Å². The normalized spacial score (nSPS) is 13.4. The first kappa shape index (κ1) is 22.0. The molecule has 1 N–H and O–H groups in total. The molecular formula is C22H28N4O3S. The van der Waals surface area contributed by atoms with Crippen LogP contribution in [-0.4, -0.2) is 40.0 Å². The number of aromatic nitrogens is 2. The molecule has 160 valence electrons. The van der Waals surface area contributed by atoms with Crippen molar-refractivity contribution >= 4 is 46.2 Å². The van der Waals surface area contributed by atoms with Crippen molar-refractivity contribution in [3.8, 4) is 0 Å². The van der Waals surface area contributed by atoms with Gasteiger partial charge in [-0.3, -0.25) is 14.7 Å². The molecule has 2 aromatic rings. The molecule has 8 heteroatoms. The van der Waals surface area contributed by atoms with Crippen molar-refractivity contribution < 1.29 is 14.3 Å². The van der Waals surface area contributed by atoms with Crippen molar-refractivity contribution in [3.63, 3.8) is 0 Å². The van der Waals surface area contributed by atoms with Gasteiger partial charge in [0.15, 0.2) is 0 Å². The zero-order chi connectivity index (χ0) is 21.3. The van der Waals surface area contributed by atoms with E-state index >= 15 is 0 Å². The maximum absolute atomic E-state index is 12.4. The number of unbranched alkanes of at least 4 members (excludes halogenated alkanes) is 3. The maximum atomic E-state index is 12.4. The quantitative estimate of drug-likeness (QED) is 0.307. The number of thioether (sulfide) groups is 1. The van der Waals surface area contributed by atoms with Crippen LogP contribution in [0.4, 0.5) is 5.95 Å². The molecule has 1 aliphatic rings. The lowest BCUT2D eigenvalue weighted by atomic mass is 10.2. The van der Waals surface area contributed by atoms with Gasteiger partial charge in [-0.2, -0.15) is 0 Å². The van der Waals surface area contributed by atoms with E-state index in [1.165, 1.54) is 0 Å². The largest absolute Gasteiger partial charge is 0.462 e. The summed E-state index contributed by atoms with van der Waals surface area (Å²) in [6.07, 6.45) is 9.91. The number of carbonyl (C=O) groups excluding carboxylic acids is 2. The topological polar surface area (TPSA) is 76.5 Å². The molecule has 0 saturated heterocycles. The van der Waals surface area contributed by atoms with Crippen LogP contribution >= 0.6 is 11.8 Å². The number of nitrogens with one attached hydrogen (secondary N) is 1. The monoisotopic (exact) mass is 428 g/mol. The van der Waals surface area contributed by atoms with E-state index < -0.39 is 0 Å². The second-order valence-corrected chi connectivity index (χ2v) is 7.97. The molecule has 0 radical (unpaired) electrons. The molecule has 1 aliphatic heterocycles. The van der Waals surface area contributed by atoms with Crippen LogP contribution in [0.1, 0.15) is 56.3 Å². The molecule has 2 heterocycles. The number of hydrogen-bond acceptors (Lipinski definition) is 6. The molecule has 0 unspecified atom stereocenters. The van der Waals surface area contributed by atoms with Gasteiger partial charge in [0.1, 0.15) is 5.03 Å². The van der Waals surface area contributed by atoms with Crippen molar-refractivity contribution in [1.29, 1.82) is 0 Å². The fraction of sp³-hybridized carbons (Fsp3) is 0.409. The molecule has 7 nitrogen and oxygen atoms in total. The van der Waals surface area contributed by atoms with Gasteiger partial charge < -0.3 is 9.64 Å². The number of benzene rings is 1. The van der Waals surface area contributed by atoms with E-state index in [2.05, 4.69) is 29.0 Å². The highest BCUT2D eigenvalue weighted by Gasteiger charge is 2.18. The van der Waals surface area contributed by atoms with E-state index in [0.29, 0.717) is 30.0 Å². The number of rotatable bonds is 11. The Morgan fingerprint density at radius 2 is 2.10 bits per heavy atom. The van der Waals surface area contributed by atoms with Gasteiger partial charge in [-0.15, -0.1) is 0 Å². The van der Waals surface area contributed by atoms with Crippen molar-refractivity contribution in [2.75, 3.05) is 18.5 Å². The summed E-state index contributed by atoms with van der Waals surface area (Å²) in [5, 5.41) is 5.60. The minimum Gasteiger partial charge on any atom is -0.462 e. The zero-order valence-corrected chi connectivity index (χ0v) is 18.3. The number of nitrogens with zero attached hydrogens (tertiary/aromatic N) is 3. The smallest absolute Gasteiger partial charge is 0.338 e. The lowest BCUT2D eigenvalue weighted by Crippen LogP contribution is -2.14. The molecule has 0 bridgehead atoms. The third kappa shape index (κ3) is 5.24. The van der Waals surface area contributed by atoms with Crippen LogP contribution in [0, 0.1) is 0 Å². The Hall–Kier alpha value is -2.74. The molecule has 1 aromatic carbocycles. The van der Waals surface area contributed by atoms with Crippen LogP contribution in [-0.2, 0) is 9.53 Å². The highest BCUT2D eigenvalue weighted by atomic mass is 32.2. The van der Waals surface area contributed by atoms with Crippen LogP contribution in [0.15, 0.2) is 36.0 Å². The third-order valence-corrected chi connectivity index (χ3v) is 5.52. The number of esters is 1. The highest BCUT2D eigenvalue weighted by molar-refractivity contribution is 8.10. The number of hydrogen-bond donors (Lipinski definition) is 1. The second kappa shape index (κ2) is 10.9. The van der Waals surface area contributed by atoms with Crippen LogP contribution in [0.3, 0.4) is 0 Å². The summed E-state index contributed by atoms with van der Waals surface area (Å²) in [4.78, 5) is 30.2. The Bertz CT molecular complexity index is 951. The van der Waals surface area contributed by atoms with E-state index in [1.807, 2.05) is 28.4 Å². The minimum absolute atomic E-state index is 0.351. The second-order valence-electron chi connectivity index (χ2n) is 7.04. The Morgan fingerprint density at radius 1 is 1.23 bits per heavy atom. The lowest BCUT2D eigenvalue weighted by molar-refractivity contribution is -0.105. The van der Waals surface area contributed by atoms with Gasteiger partial charge in [-0.05, 0) is 36.4 Å². The van der Waals surface area contributed by atoms with Gasteiger partial charge in [-0.1, -0.05) is 44.9 Å². The first-order chi connectivity index (χ1) is 14.7. The van der Waals surface area contributed by atoms with Crippen molar-refractivity contribution in [1.82, 2.24) is 14.5 Å². The Labute approximate surface area is 181 Å². The summed E-state index contributed by atoms with van der Waals surface area (Å²) in [6, 6.07) is 5.30. The van der Waals surface area contributed by atoms with Gasteiger partial charge in [0.2, 0.25) is 12.4 Å². The molecule has 1 aromatic heterocycles. The first-order valence-corrected chi connectivity index (χ1v) is 11.3. The van der Waals surface area contributed by atoms with Gasteiger partial charge >= 0.3 is 5.97 Å². The zero-order valence-electron chi connectivity index (χ0n) is 17.5. The Balaban J connectivity index is 1.85. The number of imidazole rings is 1. The standard InChI is InChI=1S/C22H28N4O3S/c1-3-5-6-7-12-29-21(28)17-8-9-19-18(14-17)24-22(23-16-27)26(19)20-15-25(10-4-2)11-13-30-20/h8-9,11,13-16H,3-7,10,12H2,1-2H3,(H,23,24,27). The molecular weight excluding hydrogens is 400 g/mol. The average Bonchev–Trinajstić information content (AvgIpc) is 3.11. The summed E-state index contributed by atoms with van der Waals surface area (Å²) < 4.78 is 7.28. The predicted molar refractivity (Wildman–Crippen MR) is 122 cm³/mol. The van der Waals surface area contributed by atoms with E-state index in [0.717, 1.165) is 49.2 Å². The molecule has 0 saturated carbocycles. The summed E-state index contributed by atoms with van der Waals surface area (Å²) in [7, 11) is 0. The maximum Gasteiger partial charge on any atom is 0.338 e. The molecule has 0 atom stereocenters. The highest BCUT2D eigenvalue weighted by Crippen LogP contribution is 2.34. The lowest BCUT2D eigenvalue weighted by Gasteiger charge is -2.21. The third-order valence-electron chi connectivity index (χ3n) is 4.73. The summed E-state index contributed by atoms with van der Waals surface area (Å²) in [5.41, 5.74) is 1.89. The number of fused-ring (bicyclic) bond motifs is 1. The first-order valence-electron chi connectivity index (χ1n) is 10.4. The summed E-state index contributed by atoms with van der Waals surface area (Å²) >= 11 is 1.55. The molecule has 30 heavy (non-hydrogen) atoms. The Kier molecular flexibility index (Phi) is 7.96. The molecule has 0 aliphatic carbocycles. The number of anilines is 1. The van der Waals surface area contributed by atoms with Gasteiger partial charge in [0.05, 0.1) is 23.2 Å². The van der Waals surface area contributed by atoms with Gasteiger partial charge in [-0.25, -0.2) is 9.78 Å². The summed E-state index contributed by atoms with van der Waals surface area (Å²) in [6.45, 7) is 5.59. The van der Waals surface area contributed by atoms with E-state index in [9.17, 15) is 9.59 Å². The number of amides is 1. The fourth-order valence-corrected chi connectivity index (χ4v) is 4.10. The molecule has 0 spiro atoms. The number of carbonyl (C=O) groups is 2. The van der Waals surface area contributed by atoms with E-state index in [4.69, 9.17) is 4.74 Å². The SMILES string of the molecule is CCCCCCOC(=O)c1ccc2c(c1)nc(NC=O)n2C1=CN(CCC)C=CS1. The van der Waals surface area contributed by atoms with Crippen molar-refractivity contribution in [3.05, 3.63) is 41.6 Å². The summed E-state index contributed by atoms with van der Waals surface area (Å²) in [5.74, 6) is 0.0618.